The highest BCUT2D eigenvalue weighted by atomic mass is 16.4. The number of nitrogen functional groups attached to an aromatic ring is 1. The van der Waals surface area contributed by atoms with Crippen LogP contribution in [0.4, 0.5) is 11.4 Å². The standard InChI is InChI=1S/C14H21N3O3/c1-3-5-17-12(18)4-6-16-10-7-9(2)13(15)11(8-10)14(19)20/h7-8,16H,3-6,15H2,1-2H3,(H,17,18)(H,19,20). The number of carbonyl (C=O) groups is 2. The van der Waals surface area contributed by atoms with Crippen molar-refractivity contribution in [1.82, 2.24) is 5.32 Å². The van der Waals surface area contributed by atoms with E-state index in [1.807, 2.05) is 6.92 Å². The number of nitrogens with two attached hydrogens (primary N) is 1. The molecule has 0 radical (unpaired) electrons. The first kappa shape index (κ1) is 15.8. The number of amides is 1. The van der Waals surface area contributed by atoms with Crippen LogP contribution >= 0.6 is 0 Å². The number of aromatic carboxylic acids is 1. The Morgan fingerprint density at radius 3 is 2.60 bits per heavy atom. The summed E-state index contributed by atoms with van der Waals surface area (Å²) < 4.78 is 0. The Morgan fingerprint density at radius 2 is 2.00 bits per heavy atom. The molecule has 0 saturated carbocycles. The Kier molecular flexibility index (Phi) is 5.83. The molecule has 0 unspecified atom stereocenters. The molecule has 1 aromatic rings. The smallest absolute Gasteiger partial charge is 0.337 e. The molecular weight excluding hydrogens is 258 g/mol. The molecule has 0 atom stereocenters. The molecular formula is C14H21N3O3. The Bertz CT molecular complexity index is 501. The highest BCUT2D eigenvalue weighted by Gasteiger charge is 2.11. The fraction of sp³-hybridized carbons (Fsp3) is 0.429. The monoisotopic (exact) mass is 279 g/mol. The Labute approximate surface area is 118 Å². The number of nitrogens with one attached hydrogen (secondary N) is 2. The van der Waals surface area contributed by atoms with E-state index < -0.39 is 5.97 Å². The van der Waals surface area contributed by atoms with Gasteiger partial charge < -0.3 is 21.5 Å². The number of anilines is 2. The van der Waals surface area contributed by atoms with Crippen LogP contribution < -0.4 is 16.4 Å². The van der Waals surface area contributed by atoms with E-state index in [4.69, 9.17) is 10.8 Å². The van der Waals surface area contributed by atoms with Gasteiger partial charge in [-0.1, -0.05) is 6.92 Å². The quantitative estimate of drug-likeness (QED) is 0.567. The highest BCUT2D eigenvalue weighted by Crippen LogP contribution is 2.22. The van der Waals surface area contributed by atoms with Gasteiger partial charge in [0.2, 0.25) is 5.91 Å². The molecule has 5 N–H and O–H groups in total. The van der Waals surface area contributed by atoms with Crippen LogP contribution in [-0.4, -0.2) is 30.1 Å². The van der Waals surface area contributed by atoms with Gasteiger partial charge in [0.05, 0.1) is 5.56 Å². The third-order valence-electron chi connectivity index (χ3n) is 2.87. The van der Waals surface area contributed by atoms with E-state index in [-0.39, 0.29) is 17.2 Å². The number of aryl methyl sites for hydroxylation is 1. The minimum Gasteiger partial charge on any atom is -0.478 e. The topological polar surface area (TPSA) is 104 Å². The lowest BCUT2D eigenvalue weighted by molar-refractivity contribution is -0.120. The van der Waals surface area contributed by atoms with E-state index in [0.717, 1.165) is 6.42 Å². The molecule has 0 aliphatic carbocycles. The summed E-state index contributed by atoms with van der Waals surface area (Å²) in [5.41, 5.74) is 7.40. The Morgan fingerprint density at radius 1 is 1.30 bits per heavy atom. The molecule has 20 heavy (non-hydrogen) atoms. The molecule has 0 aromatic heterocycles. The van der Waals surface area contributed by atoms with Crippen LogP contribution in [0.5, 0.6) is 0 Å². The molecule has 0 spiro atoms. The zero-order valence-corrected chi connectivity index (χ0v) is 11.8. The van der Waals surface area contributed by atoms with Gasteiger partial charge in [-0.25, -0.2) is 4.79 Å². The second-order valence-corrected chi connectivity index (χ2v) is 4.59. The highest BCUT2D eigenvalue weighted by molar-refractivity contribution is 5.95. The average molecular weight is 279 g/mol. The van der Waals surface area contributed by atoms with Crippen LogP contribution in [0.2, 0.25) is 0 Å². The van der Waals surface area contributed by atoms with Crippen molar-refractivity contribution in [3.05, 3.63) is 23.3 Å². The lowest BCUT2D eigenvalue weighted by Crippen LogP contribution is -2.25. The first-order valence-electron chi connectivity index (χ1n) is 6.59. The third kappa shape index (κ3) is 4.46. The van der Waals surface area contributed by atoms with Crippen molar-refractivity contribution in [2.45, 2.75) is 26.7 Å². The number of hydrogen-bond donors (Lipinski definition) is 4. The third-order valence-corrected chi connectivity index (χ3v) is 2.87. The summed E-state index contributed by atoms with van der Waals surface area (Å²) in [5, 5.41) is 14.9. The van der Waals surface area contributed by atoms with Crippen molar-refractivity contribution >= 4 is 23.3 Å². The van der Waals surface area contributed by atoms with Gasteiger partial charge in [-0.15, -0.1) is 0 Å². The Hall–Kier alpha value is -2.24. The maximum absolute atomic E-state index is 11.4. The van der Waals surface area contributed by atoms with E-state index in [9.17, 15) is 9.59 Å². The summed E-state index contributed by atoms with van der Waals surface area (Å²) in [6.07, 6.45) is 1.24. The van der Waals surface area contributed by atoms with E-state index in [1.54, 1.807) is 13.0 Å². The van der Waals surface area contributed by atoms with Crippen LogP contribution in [0.3, 0.4) is 0 Å². The molecule has 1 rings (SSSR count). The van der Waals surface area contributed by atoms with Crippen molar-refractivity contribution in [3.8, 4) is 0 Å². The van der Waals surface area contributed by atoms with Crippen molar-refractivity contribution in [2.24, 2.45) is 0 Å². The van der Waals surface area contributed by atoms with E-state index in [2.05, 4.69) is 10.6 Å². The maximum atomic E-state index is 11.4. The fourth-order valence-electron chi connectivity index (χ4n) is 1.75. The lowest BCUT2D eigenvalue weighted by Gasteiger charge is -2.11. The predicted octanol–water partition coefficient (Wildman–Crippen LogP) is 1.60. The van der Waals surface area contributed by atoms with E-state index >= 15 is 0 Å². The van der Waals surface area contributed by atoms with Crippen molar-refractivity contribution < 1.29 is 14.7 Å². The van der Waals surface area contributed by atoms with Gasteiger partial charge in [0.15, 0.2) is 0 Å². The first-order valence-corrected chi connectivity index (χ1v) is 6.59. The van der Waals surface area contributed by atoms with Crippen molar-refractivity contribution in [1.29, 1.82) is 0 Å². The number of carbonyl (C=O) groups excluding carboxylic acids is 1. The van der Waals surface area contributed by atoms with Crippen LogP contribution in [0, 0.1) is 6.92 Å². The van der Waals surface area contributed by atoms with E-state index in [1.165, 1.54) is 6.07 Å². The molecule has 0 aliphatic heterocycles. The van der Waals surface area contributed by atoms with Gasteiger partial charge in [0, 0.05) is 30.9 Å². The van der Waals surface area contributed by atoms with Crippen molar-refractivity contribution in [2.75, 3.05) is 24.1 Å². The normalized spacial score (nSPS) is 10.1. The lowest BCUT2D eigenvalue weighted by atomic mass is 10.1. The molecule has 0 fully saturated rings. The number of hydrogen-bond acceptors (Lipinski definition) is 4. The largest absolute Gasteiger partial charge is 0.478 e. The molecule has 110 valence electrons. The molecule has 0 aliphatic rings. The molecule has 0 heterocycles. The van der Waals surface area contributed by atoms with Gasteiger partial charge in [0.1, 0.15) is 0 Å². The molecule has 1 amide bonds. The number of carboxylic acids is 1. The molecule has 6 nitrogen and oxygen atoms in total. The maximum Gasteiger partial charge on any atom is 0.337 e. The van der Waals surface area contributed by atoms with Crippen LogP contribution in [-0.2, 0) is 4.79 Å². The second-order valence-electron chi connectivity index (χ2n) is 4.59. The van der Waals surface area contributed by atoms with Gasteiger partial charge in [-0.3, -0.25) is 4.79 Å². The zero-order valence-electron chi connectivity index (χ0n) is 11.8. The van der Waals surface area contributed by atoms with Gasteiger partial charge in [-0.05, 0) is 31.0 Å². The number of rotatable bonds is 7. The molecule has 0 bridgehead atoms. The summed E-state index contributed by atoms with van der Waals surface area (Å²) in [6.45, 7) is 4.85. The number of benzene rings is 1. The second kappa shape index (κ2) is 7.37. The number of carboxylic acid groups (broad SMARTS) is 1. The Balaban J connectivity index is 2.61. The zero-order chi connectivity index (χ0) is 15.1. The summed E-state index contributed by atoms with van der Waals surface area (Å²) in [7, 11) is 0. The molecule has 1 aromatic carbocycles. The molecule has 0 saturated heterocycles. The summed E-state index contributed by atoms with van der Waals surface area (Å²) in [6, 6.07) is 3.25. The van der Waals surface area contributed by atoms with Gasteiger partial charge in [-0.2, -0.15) is 0 Å². The van der Waals surface area contributed by atoms with Gasteiger partial charge >= 0.3 is 5.97 Å². The van der Waals surface area contributed by atoms with Crippen LogP contribution in [0.25, 0.3) is 0 Å². The minimum atomic E-state index is -1.06. The molecule has 6 heteroatoms. The summed E-state index contributed by atoms with van der Waals surface area (Å²) in [5.74, 6) is -1.08. The first-order chi connectivity index (χ1) is 9.45. The van der Waals surface area contributed by atoms with Crippen LogP contribution in [0.15, 0.2) is 12.1 Å². The summed E-state index contributed by atoms with van der Waals surface area (Å²) >= 11 is 0. The van der Waals surface area contributed by atoms with E-state index in [0.29, 0.717) is 30.8 Å². The fourth-order valence-corrected chi connectivity index (χ4v) is 1.75. The van der Waals surface area contributed by atoms with Crippen molar-refractivity contribution in [3.63, 3.8) is 0 Å². The van der Waals surface area contributed by atoms with Gasteiger partial charge in [0.25, 0.3) is 0 Å². The average Bonchev–Trinajstić information content (AvgIpc) is 2.39. The minimum absolute atomic E-state index is 0.0232. The van der Waals surface area contributed by atoms with Crippen LogP contribution in [0.1, 0.15) is 35.7 Å². The summed E-state index contributed by atoms with van der Waals surface area (Å²) in [4.78, 5) is 22.5. The SMILES string of the molecule is CCCNC(=O)CCNc1cc(C)c(N)c(C(=O)O)c1. The predicted molar refractivity (Wildman–Crippen MR) is 79.0 cm³/mol.